The summed E-state index contributed by atoms with van der Waals surface area (Å²) in [4.78, 5) is 20.9. The average Bonchev–Trinajstić information content (AvgIpc) is 2.43. The minimum Gasteiger partial charge on any atom is -0.292 e. The number of aromatic nitrogens is 3. The molecule has 2 aromatic rings. The first-order chi connectivity index (χ1) is 9.17. The molecule has 0 bridgehead atoms. The lowest BCUT2D eigenvalue weighted by molar-refractivity contribution is 0.596. The normalized spacial score (nSPS) is 11.1. The smallest absolute Gasteiger partial charge is 0.266 e. The van der Waals surface area contributed by atoms with Crippen LogP contribution in [0.3, 0.4) is 0 Å². The fourth-order valence-corrected chi connectivity index (χ4v) is 2.73. The third-order valence-corrected chi connectivity index (χ3v) is 4.06. The van der Waals surface area contributed by atoms with Gasteiger partial charge < -0.3 is 0 Å². The number of unbranched alkanes of at least 4 members (excludes halogenated alkanes) is 2. The van der Waals surface area contributed by atoms with Gasteiger partial charge in [-0.2, -0.15) is 0 Å². The number of aryl methyl sites for hydroxylation is 1. The van der Waals surface area contributed by atoms with Gasteiger partial charge in [-0.3, -0.25) is 9.36 Å². The minimum absolute atomic E-state index is 0.0191. The lowest BCUT2D eigenvalue weighted by Gasteiger charge is -2.10. The molecule has 2 rings (SSSR count). The minimum atomic E-state index is -0.0191. The molecule has 0 aliphatic carbocycles. The number of hydrogen-bond acceptors (Lipinski definition) is 4. The molecule has 2 heterocycles. The highest BCUT2D eigenvalue weighted by atomic mass is 79.9. The molecular formula is C13H16BrN3OS. The SMILES string of the molecule is CCCCCn1c(=O)c(Br)cc2cnc(SC)nc21. The molecule has 0 fully saturated rings. The van der Waals surface area contributed by atoms with Gasteiger partial charge in [-0.1, -0.05) is 31.5 Å². The van der Waals surface area contributed by atoms with E-state index in [4.69, 9.17) is 0 Å². The van der Waals surface area contributed by atoms with E-state index in [2.05, 4.69) is 32.8 Å². The standard InChI is InChI=1S/C13H16BrN3OS/c1-3-4-5-6-17-11-9(7-10(14)12(17)18)8-15-13(16-11)19-2/h7-8H,3-6H2,1-2H3. The molecule has 0 N–H and O–H groups in total. The van der Waals surface area contributed by atoms with Crippen molar-refractivity contribution in [3.05, 3.63) is 27.1 Å². The summed E-state index contributed by atoms with van der Waals surface area (Å²) in [6.07, 6.45) is 6.93. The Hall–Kier alpha value is -0.880. The molecule has 4 nitrogen and oxygen atoms in total. The molecule has 0 radical (unpaired) electrons. The number of nitrogens with zero attached hydrogens (tertiary/aromatic N) is 3. The monoisotopic (exact) mass is 341 g/mol. The van der Waals surface area contributed by atoms with Crippen LogP contribution in [0.4, 0.5) is 0 Å². The molecule has 0 unspecified atom stereocenters. The molecule has 19 heavy (non-hydrogen) atoms. The lowest BCUT2D eigenvalue weighted by atomic mass is 10.2. The molecule has 0 aliphatic rings. The van der Waals surface area contributed by atoms with Gasteiger partial charge in [-0.25, -0.2) is 9.97 Å². The Balaban J connectivity index is 2.55. The summed E-state index contributed by atoms with van der Waals surface area (Å²) >= 11 is 4.80. The van der Waals surface area contributed by atoms with Crippen molar-refractivity contribution < 1.29 is 0 Å². The highest BCUT2D eigenvalue weighted by Gasteiger charge is 2.09. The van der Waals surface area contributed by atoms with Crippen LogP contribution in [-0.2, 0) is 6.54 Å². The number of fused-ring (bicyclic) bond motifs is 1. The van der Waals surface area contributed by atoms with E-state index >= 15 is 0 Å². The third-order valence-electron chi connectivity index (χ3n) is 2.93. The molecule has 0 aliphatic heterocycles. The Bertz CT molecular complexity index is 642. The number of hydrogen-bond donors (Lipinski definition) is 0. The van der Waals surface area contributed by atoms with Crippen LogP contribution in [0.1, 0.15) is 26.2 Å². The van der Waals surface area contributed by atoms with Crippen molar-refractivity contribution in [1.29, 1.82) is 0 Å². The summed E-state index contributed by atoms with van der Waals surface area (Å²) in [6, 6.07) is 1.79. The predicted octanol–water partition coefficient (Wildman–Crippen LogP) is 3.47. The second-order valence-corrected chi connectivity index (χ2v) is 5.92. The van der Waals surface area contributed by atoms with Crippen LogP contribution in [0.2, 0.25) is 0 Å². The van der Waals surface area contributed by atoms with Crippen molar-refractivity contribution in [2.24, 2.45) is 0 Å². The Morgan fingerprint density at radius 2 is 2.21 bits per heavy atom. The van der Waals surface area contributed by atoms with Crippen LogP contribution in [0, 0.1) is 0 Å². The highest BCUT2D eigenvalue weighted by Crippen LogP contribution is 2.17. The van der Waals surface area contributed by atoms with Gasteiger partial charge >= 0.3 is 0 Å². The van der Waals surface area contributed by atoms with Gasteiger partial charge in [0.25, 0.3) is 5.56 Å². The van der Waals surface area contributed by atoms with Crippen LogP contribution >= 0.6 is 27.7 Å². The molecule has 2 aromatic heterocycles. The van der Waals surface area contributed by atoms with Gasteiger partial charge in [-0.15, -0.1) is 0 Å². The van der Waals surface area contributed by atoms with Gasteiger partial charge in [0.1, 0.15) is 5.65 Å². The van der Waals surface area contributed by atoms with Gasteiger partial charge in [0.15, 0.2) is 5.16 Å². The summed E-state index contributed by atoms with van der Waals surface area (Å²) in [5.41, 5.74) is 0.706. The van der Waals surface area contributed by atoms with Crippen molar-refractivity contribution in [2.75, 3.05) is 6.26 Å². The summed E-state index contributed by atoms with van der Waals surface area (Å²) in [7, 11) is 0. The number of halogens is 1. The van der Waals surface area contributed by atoms with Crippen LogP contribution in [0.5, 0.6) is 0 Å². The maximum absolute atomic E-state index is 12.2. The number of pyridine rings is 1. The Morgan fingerprint density at radius 1 is 1.42 bits per heavy atom. The fourth-order valence-electron chi connectivity index (χ4n) is 1.93. The molecule has 0 saturated carbocycles. The van der Waals surface area contributed by atoms with E-state index in [-0.39, 0.29) is 5.56 Å². The van der Waals surface area contributed by atoms with Gasteiger partial charge in [0.05, 0.1) is 4.47 Å². The van der Waals surface area contributed by atoms with Crippen molar-refractivity contribution in [3.8, 4) is 0 Å². The van der Waals surface area contributed by atoms with E-state index in [1.165, 1.54) is 11.8 Å². The zero-order valence-corrected chi connectivity index (χ0v) is 13.4. The maximum Gasteiger partial charge on any atom is 0.266 e. The van der Waals surface area contributed by atoms with E-state index < -0.39 is 0 Å². The summed E-state index contributed by atoms with van der Waals surface area (Å²) < 4.78 is 2.31. The van der Waals surface area contributed by atoms with Crippen molar-refractivity contribution in [2.45, 2.75) is 37.9 Å². The second kappa shape index (κ2) is 6.52. The Kier molecular flexibility index (Phi) is 4.99. The Labute approximate surface area is 124 Å². The summed E-state index contributed by atoms with van der Waals surface area (Å²) in [5, 5.41) is 1.58. The van der Waals surface area contributed by atoms with E-state index in [0.717, 1.165) is 30.3 Å². The summed E-state index contributed by atoms with van der Waals surface area (Å²) in [5.74, 6) is 0. The predicted molar refractivity (Wildman–Crippen MR) is 82.8 cm³/mol. The first-order valence-electron chi connectivity index (χ1n) is 6.27. The maximum atomic E-state index is 12.2. The summed E-state index contributed by atoms with van der Waals surface area (Å²) in [6.45, 7) is 2.85. The van der Waals surface area contributed by atoms with E-state index in [1.807, 2.05) is 6.26 Å². The highest BCUT2D eigenvalue weighted by molar-refractivity contribution is 9.10. The van der Waals surface area contributed by atoms with Crippen LogP contribution in [0.25, 0.3) is 11.0 Å². The quantitative estimate of drug-likeness (QED) is 0.474. The van der Waals surface area contributed by atoms with Crippen molar-refractivity contribution in [1.82, 2.24) is 14.5 Å². The number of rotatable bonds is 5. The topological polar surface area (TPSA) is 47.8 Å². The van der Waals surface area contributed by atoms with Crippen molar-refractivity contribution in [3.63, 3.8) is 0 Å². The molecule has 0 spiro atoms. The van der Waals surface area contributed by atoms with Crippen LogP contribution in [-0.4, -0.2) is 20.8 Å². The third kappa shape index (κ3) is 3.17. The molecule has 102 valence electrons. The lowest BCUT2D eigenvalue weighted by Crippen LogP contribution is -2.22. The number of thioether (sulfide) groups is 1. The zero-order chi connectivity index (χ0) is 13.8. The second-order valence-electron chi connectivity index (χ2n) is 4.29. The first-order valence-corrected chi connectivity index (χ1v) is 8.29. The van der Waals surface area contributed by atoms with Crippen LogP contribution in [0.15, 0.2) is 26.7 Å². The molecule has 6 heteroatoms. The molecule has 0 amide bonds. The van der Waals surface area contributed by atoms with E-state index in [0.29, 0.717) is 16.2 Å². The molecule has 0 aromatic carbocycles. The molecule has 0 saturated heterocycles. The Morgan fingerprint density at radius 3 is 2.89 bits per heavy atom. The first kappa shape index (κ1) is 14.5. The largest absolute Gasteiger partial charge is 0.292 e. The van der Waals surface area contributed by atoms with E-state index in [9.17, 15) is 4.79 Å². The van der Waals surface area contributed by atoms with Gasteiger partial charge in [0.2, 0.25) is 0 Å². The van der Waals surface area contributed by atoms with Crippen LogP contribution < -0.4 is 5.56 Å². The molecule has 0 atom stereocenters. The van der Waals surface area contributed by atoms with Gasteiger partial charge in [0, 0.05) is 18.1 Å². The fraction of sp³-hybridized carbons (Fsp3) is 0.462. The zero-order valence-electron chi connectivity index (χ0n) is 11.0. The van der Waals surface area contributed by atoms with Crippen molar-refractivity contribution >= 4 is 38.7 Å². The van der Waals surface area contributed by atoms with Gasteiger partial charge in [-0.05, 0) is 34.7 Å². The van der Waals surface area contributed by atoms with E-state index in [1.54, 1.807) is 16.8 Å². The average molecular weight is 342 g/mol. The molecular weight excluding hydrogens is 326 g/mol.